The number of rotatable bonds is 6. The van der Waals surface area contributed by atoms with Gasteiger partial charge in [-0.05, 0) is 12.8 Å². The summed E-state index contributed by atoms with van der Waals surface area (Å²) in [4.78, 5) is 10.8. The van der Waals surface area contributed by atoms with Crippen molar-refractivity contribution in [2.75, 3.05) is 6.61 Å². The zero-order valence-electron chi connectivity index (χ0n) is 6.71. The Morgan fingerprint density at radius 1 is 1.27 bits per heavy atom. The summed E-state index contributed by atoms with van der Waals surface area (Å²) in [5, 5.41) is 0. The molecule has 0 saturated heterocycles. The second kappa shape index (κ2) is 7.06. The van der Waals surface area contributed by atoms with Gasteiger partial charge in [0.15, 0.2) is 0 Å². The maximum absolute atomic E-state index is 10.8. The average Bonchev–Trinajstić information content (AvgIpc) is 2.01. The molecule has 2 nitrogen and oxygen atoms in total. The molecule has 0 saturated carbocycles. The van der Waals surface area contributed by atoms with E-state index in [-0.39, 0.29) is 5.97 Å². The molecule has 0 N–H and O–H groups in total. The maximum Gasteiger partial charge on any atom is 0.306 e. The van der Waals surface area contributed by atoms with Crippen molar-refractivity contribution < 1.29 is 9.53 Å². The number of allylic oxidation sites excluding steroid dienone is 1. The van der Waals surface area contributed by atoms with Crippen LogP contribution in [0.5, 0.6) is 0 Å². The highest BCUT2D eigenvalue weighted by Crippen LogP contribution is 1.94. The third-order valence-electron chi connectivity index (χ3n) is 1.14. The minimum atomic E-state index is -0.160. The van der Waals surface area contributed by atoms with Crippen LogP contribution in [0.1, 0.15) is 19.3 Å². The van der Waals surface area contributed by atoms with Crippen LogP contribution >= 0.6 is 0 Å². The van der Waals surface area contributed by atoms with E-state index in [0.717, 1.165) is 6.42 Å². The Hall–Kier alpha value is -1.05. The van der Waals surface area contributed by atoms with E-state index in [0.29, 0.717) is 19.4 Å². The van der Waals surface area contributed by atoms with Crippen LogP contribution in [0.3, 0.4) is 0 Å². The summed E-state index contributed by atoms with van der Waals surface area (Å²) < 4.78 is 4.83. The number of hydrogen-bond donors (Lipinski definition) is 0. The Bertz CT molecular complexity index is 138. The molecule has 0 amide bonds. The molecule has 0 unspecified atom stereocenters. The van der Waals surface area contributed by atoms with E-state index < -0.39 is 0 Å². The van der Waals surface area contributed by atoms with Crippen LogP contribution in [0.2, 0.25) is 0 Å². The van der Waals surface area contributed by atoms with Crippen LogP contribution in [-0.2, 0) is 9.53 Å². The van der Waals surface area contributed by atoms with Crippen molar-refractivity contribution in [3.05, 3.63) is 25.3 Å². The van der Waals surface area contributed by atoms with Gasteiger partial charge >= 0.3 is 5.97 Å². The van der Waals surface area contributed by atoms with Crippen molar-refractivity contribution in [2.45, 2.75) is 19.3 Å². The third kappa shape index (κ3) is 6.84. The van der Waals surface area contributed by atoms with Gasteiger partial charge in [-0.1, -0.05) is 12.2 Å². The lowest BCUT2D eigenvalue weighted by molar-refractivity contribution is -0.143. The lowest BCUT2D eigenvalue weighted by Crippen LogP contribution is -2.04. The van der Waals surface area contributed by atoms with Crippen LogP contribution in [0, 0.1) is 0 Å². The highest BCUT2D eigenvalue weighted by molar-refractivity contribution is 5.69. The van der Waals surface area contributed by atoms with Gasteiger partial charge in [-0.2, -0.15) is 0 Å². The molecule has 0 aliphatic heterocycles. The summed E-state index contributed by atoms with van der Waals surface area (Å²) in [5.74, 6) is -0.160. The third-order valence-corrected chi connectivity index (χ3v) is 1.14. The van der Waals surface area contributed by atoms with Gasteiger partial charge < -0.3 is 4.74 Å². The number of hydrogen-bond acceptors (Lipinski definition) is 2. The van der Waals surface area contributed by atoms with Crippen molar-refractivity contribution in [1.82, 2.24) is 0 Å². The van der Waals surface area contributed by atoms with E-state index in [1.807, 2.05) is 0 Å². The predicted octanol–water partition coefficient (Wildman–Crippen LogP) is 2.07. The smallest absolute Gasteiger partial charge is 0.306 e. The zero-order chi connectivity index (χ0) is 8.53. The van der Waals surface area contributed by atoms with E-state index in [4.69, 9.17) is 4.74 Å². The van der Waals surface area contributed by atoms with Crippen LogP contribution < -0.4 is 0 Å². The number of carbonyl (C=O) groups is 1. The Morgan fingerprint density at radius 2 is 1.91 bits per heavy atom. The fourth-order valence-corrected chi connectivity index (χ4v) is 0.548. The minimum absolute atomic E-state index is 0.160. The molecule has 62 valence electrons. The molecule has 0 spiro atoms. The zero-order valence-corrected chi connectivity index (χ0v) is 6.71. The number of carbonyl (C=O) groups excluding carboxylic acids is 1. The molecule has 0 atom stereocenters. The highest BCUT2D eigenvalue weighted by Gasteiger charge is 1.98. The Balaban J connectivity index is 3.21. The molecule has 2 heteroatoms. The standard InChI is InChI=1S/C9H14O2/c1-3-5-7-9(10)11-8-6-4-2/h3-4H,1-2,5-8H2. The summed E-state index contributed by atoms with van der Waals surface area (Å²) in [6, 6.07) is 0. The molecule has 0 aromatic carbocycles. The first-order valence-corrected chi connectivity index (χ1v) is 3.68. The SMILES string of the molecule is C=CCCOC(=O)CCC=C. The molecule has 0 aliphatic carbocycles. The Kier molecular flexibility index (Phi) is 6.39. The van der Waals surface area contributed by atoms with Gasteiger partial charge in [0.2, 0.25) is 0 Å². The van der Waals surface area contributed by atoms with Gasteiger partial charge in [0.05, 0.1) is 6.61 Å². The lowest BCUT2D eigenvalue weighted by atomic mass is 10.3. The van der Waals surface area contributed by atoms with Crippen LogP contribution in [0.4, 0.5) is 0 Å². The number of esters is 1. The lowest BCUT2D eigenvalue weighted by Gasteiger charge is -1.99. The molecular weight excluding hydrogens is 140 g/mol. The molecule has 0 bridgehead atoms. The molecule has 0 aliphatic rings. The molecular formula is C9H14O2. The number of ether oxygens (including phenoxy) is 1. The first kappa shape index (κ1) is 9.95. The van der Waals surface area contributed by atoms with Gasteiger partial charge in [0.25, 0.3) is 0 Å². The van der Waals surface area contributed by atoms with E-state index >= 15 is 0 Å². The van der Waals surface area contributed by atoms with Crippen molar-refractivity contribution >= 4 is 5.97 Å². The molecule has 0 fully saturated rings. The van der Waals surface area contributed by atoms with Gasteiger partial charge in [0, 0.05) is 6.42 Å². The van der Waals surface area contributed by atoms with Gasteiger partial charge in [-0.25, -0.2) is 0 Å². The van der Waals surface area contributed by atoms with E-state index in [2.05, 4.69) is 13.2 Å². The summed E-state index contributed by atoms with van der Waals surface area (Å²) in [6.45, 7) is 7.46. The molecule has 0 heterocycles. The summed E-state index contributed by atoms with van der Waals surface area (Å²) in [5.41, 5.74) is 0. The quantitative estimate of drug-likeness (QED) is 0.332. The Labute approximate surface area is 67.6 Å². The normalized spacial score (nSPS) is 8.73. The van der Waals surface area contributed by atoms with Crippen molar-refractivity contribution in [3.8, 4) is 0 Å². The van der Waals surface area contributed by atoms with E-state index in [1.165, 1.54) is 0 Å². The molecule has 11 heavy (non-hydrogen) atoms. The minimum Gasteiger partial charge on any atom is -0.465 e. The maximum atomic E-state index is 10.8. The van der Waals surface area contributed by atoms with Crippen LogP contribution in [0.15, 0.2) is 25.3 Å². The first-order chi connectivity index (χ1) is 5.31. The van der Waals surface area contributed by atoms with Crippen LogP contribution in [0.25, 0.3) is 0 Å². The summed E-state index contributed by atoms with van der Waals surface area (Å²) in [6.07, 6.45) is 5.27. The molecule has 0 radical (unpaired) electrons. The van der Waals surface area contributed by atoms with Crippen molar-refractivity contribution in [1.29, 1.82) is 0 Å². The summed E-state index contributed by atoms with van der Waals surface area (Å²) >= 11 is 0. The van der Waals surface area contributed by atoms with Gasteiger partial charge in [-0.3, -0.25) is 4.79 Å². The summed E-state index contributed by atoms with van der Waals surface area (Å²) in [7, 11) is 0. The van der Waals surface area contributed by atoms with Crippen LogP contribution in [-0.4, -0.2) is 12.6 Å². The molecule has 0 aromatic rings. The second-order valence-corrected chi connectivity index (χ2v) is 2.13. The Morgan fingerprint density at radius 3 is 2.45 bits per heavy atom. The van der Waals surface area contributed by atoms with E-state index in [9.17, 15) is 4.79 Å². The van der Waals surface area contributed by atoms with E-state index in [1.54, 1.807) is 12.2 Å². The fourth-order valence-electron chi connectivity index (χ4n) is 0.548. The molecule has 0 rings (SSSR count). The molecule has 0 aromatic heterocycles. The largest absolute Gasteiger partial charge is 0.465 e. The predicted molar refractivity (Wildman–Crippen MR) is 45.2 cm³/mol. The van der Waals surface area contributed by atoms with Gasteiger partial charge in [-0.15, -0.1) is 13.2 Å². The average molecular weight is 154 g/mol. The van der Waals surface area contributed by atoms with Crippen molar-refractivity contribution in [3.63, 3.8) is 0 Å². The van der Waals surface area contributed by atoms with Gasteiger partial charge in [0.1, 0.15) is 0 Å². The second-order valence-electron chi connectivity index (χ2n) is 2.13. The monoisotopic (exact) mass is 154 g/mol. The topological polar surface area (TPSA) is 26.3 Å². The van der Waals surface area contributed by atoms with Crippen molar-refractivity contribution in [2.24, 2.45) is 0 Å². The first-order valence-electron chi connectivity index (χ1n) is 3.68. The highest BCUT2D eigenvalue weighted by atomic mass is 16.5. The fraction of sp³-hybridized carbons (Fsp3) is 0.444.